The van der Waals surface area contributed by atoms with Crippen LogP contribution in [0.4, 0.5) is 5.69 Å². The van der Waals surface area contributed by atoms with E-state index in [-0.39, 0.29) is 17.2 Å². The molecule has 1 atom stereocenters. The third-order valence-corrected chi connectivity index (χ3v) is 4.05. The van der Waals surface area contributed by atoms with Gasteiger partial charge >= 0.3 is 0 Å². The molecule has 2 rings (SSSR count). The van der Waals surface area contributed by atoms with Crippen LogP contribution in [0.3, 0.4) is 0 Å². The van der Waals surface area contributed by atoms with E-state index in [0.717, 1.165) is 19.5 Å². The van der Waals surface area contributed by atoms with Gasteiger partial charge in [0.25, 0.3) is 0 Å². The number of hydrogen-bond donors (Lipinski definition) is 2. The lowest BCUT2D eigenvalue weighted by molar-refractivity contribution is -0.126. The standard InChI is InChI=1S/C15H23N3O2/c1-4-20-13-12(6-5-8-17-13)18-14(19)15(11(2)3)7-9-16-10-15/h5-6,8,11,16H,4,7,9-10H2,1-3H3,(H,18,19). The van der Waals surface area contributed by atoms with E-state index in [0.29, 0.717) is 18.2 Å². The molecule has 110 valence electrons. The van der Waals surface area contributed by atoms with Crippen molar-refractivity contribution >= 4 is 11.6 Å². The number of nitrogens with one attached hydrogen (secondary N) is 2. The summed E-state index contributed by atoms with van der Waals surface area (Å²) in [6.45, 7) is 8.23. The Morgan fingerprint density at radius 2 is 2.40 bits per heavy atom. The summed E-state index contributed by atoms with van der Waals surface area (Å²) in [5.74, 6) is 0.810. The molecule has 1 aliphatic rings. The van der Waals surface area contributed by atoms with Crippen molar-refractivity contribution in [2.45, 2.75) is 27.2 Å². The molecule has 5 heteroatoms. The first-order chi connectivity index (χ1) is 9.60. The van der Waals surface area contributed by atoms with Gasteiger partial charge in [0, 0.05) is 12.7 Å². The summed E-state index contributed by atoms with van der Waals surface area (Å²) in [5.41, 5.74) is 0.297. The maximum absolute atomic E-state index is 12.7. The fraction of sp³-hybridized carbons (Fsp3) is 0.600. The lowest BCUT2D eigenvalue weighted by Crippen LogP contribution is -2.42. The Labute approximate surface area is 120 Å². The van der Waals surface area contributed by atoms with E-state index in [1.807, 2.05) is 13.0 Å². The van der Waals surface area contributed by atoms with Crippen molar-refractivity contribution in [2.24, 2.45) is 11.3 Å². The van der Waals surface area contributed by atoms with Crippen molar-refractivity contribution in [1.82, 2.24) is 10.3 Å². The summed E-state index contributed by atoms with van der Waals surface area (Å²) < 4.78 is 5.45. The molecule has 2 heterocycles. The van der Waals surface area contributed by atoms with Gasteiger partial charge in [-0.3, -0.25) is 4.79 Å². The van der Waals surface area contributed by atoms with E-state index >= 15 is 0 Å². The lowest BCUT2D eigenvalue weighted by Gasteiger charge is -2.31. The van der Waals surface area contributed by atoms with Crippen LogP contribution in [0.2, 0.25) is 0 Å². The summed E-state index contributed by atoms with van der Waals surface area (Å²) in [4.78, 5) is 16.9. The number of nitrogens with zero attached hydrogens (tertiary/aromatic N) is 1. The Morgan fingerprint density at radius 1 is 1.60 bits per heavy atom. The summed E-state index contributed by atoms with van der Waals surface area (Å²) in [5, 5.41) is 6.29. The second-order valence-corrected chi connectivity index (χ2v) is 5.48. The summed E-state index contributed by atoms with van der Waals surface area (Å²) in [7, 11) is 0. The SMILES string of the molecule is CCOc1ncccc1NC(=O)C1(C(C)C)CCNC1. The maximum Gasteiger partial charge on any atom is 0.237 e. The number of amides is 1. The van der Waals surface area contributed by atoms with Crippen LogP contribution >= 0.6 is 0 Å². The van der Waals surface area contributed by atoms with Crippen molar-refractivity contribution < 1.29 is 9.53 Å². The van der Waals surface area contributed by atoms with E-state index in [1.165, 1.54) is 0 Å². The van der Waals surface area contributed by atoms with Crippen molar-refractivity contribution in [2.75, 3.05) is 25.0 Å². The zero-order valence-corrected chi connectivity index (χ0v) is 12.4. The van der Waals surface area contributed by atoms with Gasteiger partial charge in [-0.15, -0.1) is 0 Å². The molecule has 1 fully saturated rings. The van der Waals surface area contributed by atoms with Crippen molar-refractivity contribution in [3.63, 3.8) is 0 Å². The molecule has 1 aliphatic heterocycles. The van der Waals surface area contributed by atoms with Gasteiger partial charge in [0.1, 0.15) is 5.69 Å². The van der Waals surface area contributed by atoms with Crippen LogP contribution in [0, 0.1) is 11.3 Å². The third kappa shape index (κ3) is 2.77. The fourth-order valence-electron chi connectivity index (χ4n) is 2.64. The minimum Gasteiger partial charge on any atom is -0.476 e. The van der Waals surface area contributed by atoms with Gasteiger partial charge < -0.3 is 15.4 Å². The van der Waals surface area contributed by atoms with Gasteiger partial charge in [0.05, 0.1) is 12.0 Å². The van der Waals surface area contributed by atoms with E-state index < -0.39 is 0 Å². The Balaban J connectivity index is 2.19. The first-order valence-electron chi connectivity index (χ1n) is 7.20. The monoisotopic (exact) mass is 277 g/mol. The zero-order valence-electron chi connectivity index (χ0n) is 12.4. The smallest absolute Gasteiger partial charge is 0.237 e. The van der Waals surface area contributed by atoms with Gasteiger partial charge in [-0.25, -0.2) is 4.98 Å². The predicted molar refractivity (Wildman–Crippen MR) is 78.8 cm³/mol. The van der Waals surface area contributed by atoms with Crippen LogP contribution in [0.15, 0.2) is 18.3 Å². The number of ether oxygens (including phenoxy) is 1. The molecule has 0 spiro atoms. The van der Waals surface area contributed by atoms with Crippen molar-refractivity contribution in [3.05, 3.63) is 18.3 Å². The van der Waals surface area contributed by atoms with Crippen molar-refractivity contribution in [3.8, 4) is 5.88 Å². The number of rotatable bonds is 5. The number of carbonyl (C=O) groups excluding carboxylic acids is 1. The normalized spacial score (nSPS) is 22.0. The molecule has 0 aliphatic carbocycles. The second kappa shape index (κ2) is 6.22. The molecule has 0 aromatic carbocycles. The number of aromatic nitrogens is 1. The minimum absolute atomic E-state index is 0.0476. The van der Waals surface area contributed by atoms with Gasteiger partial charge in [0.15, 0.2) is 0 Å². The Hall–Kier alpha value is -1.62. The molecule has 0 saturated carbocycles. The van der Waals surface area contributed by atoms with Crippen LogP contribution in [-0.4, -0.2) is 30.6 Å². The maximum atomic E-state index is 12.7. The number of carbonyl (C=O) groups is 1. The average Bonchev–Trinajstić information content (AvgIpc) is 2.92. The highest BCUT2D eigenvalue weighted by atomic mass is 16.5. The topological polar surface area (TPSA) is 63.2 Å². The highest BCUT2D eigenvalue weighted by Crippen LogP contribution is 2.36. The summed E-state index contributed by atoms with van der Waals surface area (Å²) in [6, 6.07) is 3.62. The number of pyridine rings is 1. The molecule has 0 bridgehead atoms. The van der Waals surface area contributed by atoms with Crippen molar-refractivity contribution in [1.29, 1.82) is 0 Å². The van der Waals surface area contributed by atoms with Crippen LogP contribution in [0.1, 0.15) is 27.2 Å². The van der Waals surface area contributed by atoms with Crippen LogP contribution < -0.4 is 15.4 Å². The second-order valence-electron chi connectivity index (χ2n) is 5.48. The largest absolute Gasteiger partial charge is 0.476 e. The van der Waals surface area contributed by atoms with E-state index in [9.17, 15) is 4.79 Å². The minimum atomic E-state index is -0.348. The molecule has 1 saturated heterocycles. The lowest BCUT2D eigenvalue weighted by atomic mass is 9.75. The van der Waals surface area contributed by atoms with Crippen LogP contribution in [-0.2, 0) is 4.79 Å². The molecule has 5 nitrogen and oxygen atoms in total. The summed E-state index contributed by atoms with van der Waals surface area (Å²) in [6.07, 6.45) is 2.52. The Morgan fingerprint density at radius 3 is 3.00 bits per heavy atom. The molecule has 1 aromatic rings. The zero-order chi connectivity index (χ0) is 14.6. The highest BCUT2D eigenvalue weighted by Gasteiger charge is 2.44. The number of hydrogen-bond acceptors (Lipinski definition) is 4. The van der Waals surface area contributed by atoms with Gasteiger partial charge in [-0.2, -0.15) is 0 Å². The van der Waals surface area contributed by atoms with E-state index in [4.69, 9.17) is 4.74 Å². The van der Waals surface area contributed by atoms with E-state index in [1.54, 1.807) is 12.3 Å². The van der Waals surface area contributed by atoms with Gasteiger partial charge in [0.2, 0.25) is 11.8 Å². The Kier molecular flexibility index (Phi) is 4.60. The first kappa shape index (κ1) is 14.8. The van der Waals surface area contributed by atoms with Crippen LogP contribution in [0.5, 0.6) is 5.88 Å². The third-order valence-electron chi connectivity index (χ3n) is 4.05. The molecule has 1 unspecified atom stereocenters. The Bertz CT molecular complexity index is 468. The molecule has 0 radical (unpaired) electrons. The molecule has 1 aromatic heterocycles. The quantitative estimate of drug-likeness (QED) is 0.864. The van der Waals surface area contributed by atoms with Crippen LogP contribution in [0.25, 0.3) is 0 Å². The average molecular weight is 277 g/mol. The molecular weight excluding hydrogens is 254 g/mol. The molecular formula is C15H23N3O2. The molecule has 1 amide bonds. The first-order valence-corrected chi connectivity index (χ1v) is 7.20. The fourth-order valence-corrected chi connectivity index (χ4v) is 2.64. The molecule has 20 heavy (non-hydrogen) atoms. The highest BCUT2D eigenvalue weighted by molar-refractivity contribution is 5.96. The van der Waals surface area contributed by atoms with Gasteiger partial charge in [-0.05, 0) is 37.9 Å². The van der Waals surface area contributed by atoms with Gasteiger partial charge in [-0.1, -0.05) is 13.8 Å². The van der Waals surface area contributed by atoms with E-state index in [2.05, 4.69) is 29.5 Å². The summed E-state index contributed by atoms with van der Waals surface area (Å²) >= 11 is 0. The number of anilines is 1. The molecule has 2 N–H and O–H groups in total. The predicted octanol–water partition coefficient (Wildman–Crippen LogP) is 2.05.